The monoisotopic (exact) mass is 417 g/mol. The van der Waals surface area contributed by atoms with Gasteiger partial charge in [0.05, 0.1) is 35.0 Å². The van der Waals surface area contributed by atoms with Crippen molar-refractivity contribution in [3.05, 3.63) is 74.4 Å². The Morgan fingerprint density at radius 3 is 2.46 bits per heavy atom. The molecule has 0 aliphatic carbocycles. The van der Waals surface area contributed by atoms with Crippen LogP contribution in [0.25, 0.3) is 22.7 Å². The fourth-order valence-corrected chi connectivity index (χ4v) is 3.20. The lowest BCUT2D eigenvalue weighted by molar-refractivity contribution is 0.0600. The molecule has 0 unspecified atom stereocenters. The molecule has 8 heteroatoms. The predicted molar refractivity (Wildman–Crippen MR) is 111 cm³/mol. The molecule has 0 bridgehead atoms. The lowest BCUT2D eigenvalue weighted by Gasteiger charge is -2.11. The maximum absolute atomic E-state index is 13.1. The average molecular weight is 418 g/mol. The molecular weight excluding hydrogens is 401 g/mol. The van der Waals surface area contributed by atoms with Crippen molar-refractivity contribution in [2.24, 2.45) is 0 Å². The highest BCUT2D eigenvalue weighted by Crippen LogP contribution is 2.22. The Hall–Kier alpha value is -2.83. The molecule has 0 fully saturated rings. The molecule has 2 heterocycles. The van der Waals surface area contributed by atoms with Crippen molar-refractivity contribution in [2.75, 3.05) is 21.2 Å². The zero-order valence-corrected chi connectivity index (χ0v) is 17.0. The molecule has 0 aliphatic rings. The number of nitrogens with zero attached hydrogens (tertiary/aromatic N) is 3. The van der Waals surface area contributed by atoms with Crippen molar-refractivity contribution in [1.29, 1.82) is 0 Å². The van der Waals surface area contributed by atoms with Crippen LogP contribution in [0.3, 0.4) is 0 Å². The molecule has 3 rings (SSSR count). The number of fused-ring (bicyclic) bond motifs is 1. The van der Waals surface area contributed by atoms with E-state index in [-0.39, 0.29) is 16.5 Å². The maximum atomic E-state index is 13.1. The Morgan fingerprint density at radius 2 is 1.86 bits per heavy atom. The number of rotatable bonds is 4. The molecule has 0 saturated carbocycles. The number of hydrogen-bond acceptors (Lipinski definition) is 5. The van der Waals surface area contributed by atoms with E-state index < -0.39 is 5.97 Å². The van der Waals surface area contributed by atoms with Gasteiger partial charge in [-0.2, -0.15) is 0 Å². The molecule has 0 radical (unpaired) electrons. The van der Waals surface area contributed by atoms with Crippen molar-refractivity contribution in [2.45, 2.75) is 0 Å². The first-order chi connectivity index (χ1) is 13.3. The van der Waals surface area contributed by atoms with E-state index in [9.17, 15) is 9.59 Å². The van der Waals surface area contributed by atoms with E-state index in [0.29, 0.717) is 26.9 Å². The van der Waals surface area contributed by atoms with Gasteiger partial charge in [0, 0.05) is 36.5 Å². The van der Waals surface area contributed by atoms with E-state index in [1.165, 1.54) is 17.7 Å². The number of methoxy groups -OCH3 is 1. The Bertz CT molecular complexity index is 1130. The minimum atomic E-state index is -0.576. The molecule has 0 aliphatic heterocycles. The van der Waals surface area contributed by atoms with Crippen molar-refractivity contribution < 1.29 is 9.53 Å². The highest BCUT2D eigenvalue weighted by molar-refractivity contribution is 6.34. The molecule has 3 aromatic rings. The average Bonchev–Trinajstić information content (AvgIpc) is 2.64. The van der Waals surface area contributed by atoms with Crippen LogP contribution in [0.4, 0.5) is 0 Å². The van der Waals surface area contributed by atoms with Crippen LogP contribution < -0.4 is 5.56 Å². The van der Waals surface area contributed by atoms with E-state index in [1.807, 2.05) is 19.0 Å². The number of aromatic nitrogens is 2. The van der Waals surface area contributed by atoms with E-state index in [2.05, 4.69) is 4.98 Å². The first-order valence-electron chi connectivity index (χ1n) is 8.26. The molecule has 0 amide bonds. The van der Waals surface area contributed by atoms with Crippen LogP contribution in [0.5, 0.6) is 0 Å². The second-order valence-corrected chi connectivity index (χ2v) is 7.12. The second kappa shape index (κ2) is 8.04. The Labute approximate surface area is 171 Å². The summed E-state index contributed by atoms with van der Waals surface area (Å²) in [6.07, 6.45) is 5.04. The second-order valence-electron chi connectivity index (χ2n) is 6.24. The summed E-state index contributed by atoms with van der Waals surface area (Å²) in [5.74, 6) is -0.576. The normalized spacial score (nSPS) is 11.2. The van der Waals surface area contributed by atoms with E-state index in [4.69, 9.17) is 27.9 Å². The van der Waals surface area contributed by atoms with Gasteiger partial charge in [-0.05, 0) is 36.4 Å². The Balaban J connectivity index is 2.26. The molecule has 6 nitrogen and oxygen atoms in total. The maximum Gasteiger partial charge on any atom is 0.340 e. The predicted octanol–water partition coefficient (Wildman–Crippen LogP) is 4.01. The summed E-state index contributed by atoms with van der Waals surface area (Å²) < 4.78 is 6.25. The van der Waals surface area contributed by atoms with Crippen molar-refractivity contribution in [3.63, 3.8) is 0 Å². The molecule has 1 aromatic carbocycles. The van der Waals surface area contributed by atoms with Gasteiger partial charge in [-0.25, -0.2) is 9.78 Å². The van der Waals surface area contributed by atoms with Crippen LogP contribution in [0.2, 0.25) is 10.0 Å². The first-order valence-corrected chi connectivity index (χ1v) is 9.01. The summed E-state index contributed by atoms with van der Waals surface area (Å²) in [4.78, 5) is 31.6. The molecule has 144 valence electrons. The van der Waals surface area contributed by atoms with Crippen molar-refractivity contribution in [3.8, 4) is 5.69 Å². The van der Waals surface area contributed by atoms with Crippen LogP contribution in [-0.4, -0.2) is 41.6 Å². The van der Waals surface area contributed by atoms with Crippen LogP contribution in [-0.2, 0) is 4.74 Å². The van der Waals surface area contributed by atoms with Crippen molar-refractivity contribution >= 4 is 46.2 Å². The van der Waals surface area contributed by atoms with Gasteiger partial charge < -0.3 is 9.64 Å². The van der Waals surface area contributed by atoms with Gasteiger partial charge in [0.1, 0.15) is 0 Å². The molecular formula is C20H17Cl2N3O3. The Morgan fingerprint density at radius 1 is 1.18 bits per heavy atom. The lowest BCUT2D eigenvalue weighted by Crippen LogP contribution is -2.19. The van der Waals surface area contributed by atoms with Gasteiger partial charge in [-0.15, -0.1) is 0 Å². The summed E-state index contributed by atoms with van der Waals surface area (Å²) in [7, 11) is 4.98. The SMILES string of the molecule is COC(=O)c1cc2c(=O)n(-c3cc(Cl)cc(Cl)c3)ccc2nc1C=CN(C)C. The number of pyridine rings is 2. The third-order valence-corrected chi connectivity index (χ3v) is 4.41. The number of carbonyl (C=O) groups excluding carboxylic acids is 1. The molecule has 0 atom stereocenters. The fourth-order valence-electron chi connectivity index (χ4n) is 2.69. The highest BCUT2D eigenvalue weighted by Gasteiger charge is 2.16. The molecule has 0 spiro atoms. The number of hydrogen-bond donors (Lipinski definition) is 0. The zero-order valence-electron chi connectivity index (χ0n) is 15.4. The largest absolute Gasteiger partial charge is 0.465 e. The van der Waals surface area contributed by atoms with Crippen LogP contribution in [0, 0.1) is 0 Å². The third kappa shape index (κ3) is 4.03. The third-order valence-electron chi connectivity index (χ3n) is 3.97. The van der Waals surface area contributed by atoms with E-state index >= 15 is 0 Å². The van der Waals surface area contributed by atoms with Gasteiger partial charge in [0.2, 0.25) is 0 Å². The van der Waals surface area contributed by atoms with E-state index in [0.717, 1.165) is 0 Å². The van der Waals surface area contributed by atoms with Gasteiger partial charge in [0.15, 0.2) is 0 Å². The first kappa shape index (κ1) is 19.9. The molecule has 0 saturated heterocycles. The number of benzene rings is 1. The number of carbonyl (C=O) groups is 1. The summed E-state index contributed by atoms with van der Waals surface area (Å²) in [5, 5.41) is 1.10. The van der Waals surface area contributed by atoms with Gasteiger partial charge in [0.25, 0.3) is 5.56 Å². The fraction of sp³-hybridized carbons (Fsp3) is 0.150. The quantitative estimate of drug-likeness (QED) is 0.599. The van der Waals surface area contributed by atoms with Gasteiger partial charge >= 0.3 is 5.97 Å². The summed E-state index contributed by atoms with van der Waals surface area (Å²) >= 11 is 12.1. The van der Waals surface area contributed by atoms with Crippen LogP contribution in [0.1, 0.15) is 16.1 Å². The smallest absolute Gasteiger partial charge is 0.340 e. The zero-order chi connectivity index (χ0) is 20.4. The number of halogens is 2. The Kier molecular flexibility index (Phi) is 5.72. The number of ether oxygens (including phenoxy) is 1. The van der Waals surface area contributed by atoms with Crippen molar-refractivity contribution in [1.82, 2.24) is 14.5 Å². The number of esters is 1. The van der Waals surface area contributed by atoms with Crippen LogP contribution >= 0.6 is 23.2 Å². The molecule has 28 heavy (non-hydrogen) atoms. The van der Waals surface area contributed by atoms with Crippen LogP contribution in [0.15, 0.2) is 47.5 Å². The molecule has 0 N–H and O–H groups in total. The van der Waals surface area contributed by atoms with Gasteiger partial charge in [-0.3, -0.25) is 9.36 Å². The summed E-state index contributed by atoms with van der Waals surface area (Å²) in [6.45, 7) is 0. The summed E-state index contributed by atoms with van der Waals surface area (Å²) in [5.41, 5.74) is 1.24. The lowest BCUT2D eigenvalue weighted by atomic mass is 10.1. The summed E-state index contributed by atoms with van der Waals surface area (Å²) in [6, 6.07) is 8.03. The van der Waals surface area contributed by atoms with Gasteiger partial charge in [-0.1, -0.05) is 23.2 Å². The highest BCUT2D eigenvalue weighted by atomic mass is 35.5. The molecule has 2 aromatic heterocycles. The standard InChI is InChI=1S/C20H17Cl2N3O3/c1-24(2)6-4-18-16(20(27)28-3)11-15-17(23-18)5-7-25(19(15)26)14-9-12(21)8-13(22)10-14/h4-11H,1-3H3. The minimum Gasteiger partial charge on any atom is -0.465 e. The van der Waals surface area contributed by atoms with E-state index in [1.54, 1.807) is 42.7 Å². The topological polar surface area (TPSA) is 64.4 Å². The minimum absolute atomic E-state index is 0.201.